The number of hydrogen-bond donors (Lipinski definition) is 1. The summed E-state index contributed by atoms with van der Waals surface area (Å²) in [5.41, 5.74) is 7.22. The number of hydrogen-bond acceptors (Lipinski definition) is 4. The summed E-state index contributed by atoms with van der Waals surface area (Å²) in [4.78, 5) is 3.93. The number of oxazole rings is 1. The fourth-order valence-electron chi connectivity index (χ4n) is 1.18. The summed E-state index contributed by atoms with van der Waals surface area (Å²) in [5, 5.41) is 0. The lowest BCUT2D eigenvalue weighted by molar-refractivity contribution is 0.301. The molecule has 0 saturated heterocycles. The van der Waals surface area contributed by atoms with Gasteiger partial charge in [0, 0.05) is 0 Å². The van der Waals surface area contributed by atoms with Gasteiger partial charge in [-0.05, 0) is 19.1 Å². The number of nitrogen functional groups attached to an aromatic ring is 1. The third-order valence-electron chi connectivity index (χ3n) is 1.98. The zero-order chi connectivity index (χ0) is 10.7. The molecule has 78 valence electrons. The number of nitrogens with two attached hydrogens (primary N) is 1. The van der Waals surface area contributed by atoms with Crippen LogP contribution in [-0.2, 0) is 6.61 Å². The molecule has 15 heavy (non-hydrogen) atoms. The fraction of sp³-hybridized carbons (Fsp3) is 0.182. The van der Waals surface area contributed by atoms with Gasteiger partial charge in [-0.15, -0.1) is 0 Å². The van der Waals surface area contributed by atoms with E-state index in [9.17, 15) is 0 Å². The minimum atomic E-state index is 0.164. The number of aromatic nitrogens is 1. The molecule has 1 heterocycles. The summed E-state index contributed by atoms with van der Waals surface area (Å²) in [6.07, 6.45) is 1.49. The third-order valence-corrected chi connectivity index (χ3v) is 1.98. The first-order valence-electron chi connectivity index (χ1n) is 4.63. The highest BCUT2D eigenvalue weighted by Gasteiger charge is 2.00. The Labute approximate surface area is 87.7 Å². The topological polar surface area (TPSA) is 61.3 Å². The zero-order valence-corrected chi connectivity index (χ0v) is 8.43. The lowest BCUT2D eigenvalue weighted by Gasteiger charge is -2.03. The fourth-order valence-corrected chi connectivity index (χ4v) is 1.18. The molecule has 0 fully saturated rings. The average Bonchev–Trinajstić information content (AvgIpc) is 2.64. The van der Waals surface area contributed by atoms with Crippen molar-refractivity contribution >= 4 is 6.01 Å². The van der Waals surface area contributed by atoms with E-state index in [1.807, 2.05) is 31.2 Å². The quantitative estimate of drug-likeness (QED) is 0.832. The summed E-state index contributed by atoms with van der Waals surface area (Å²) < 4.78 is 10.3. The van der Waals surface area contributed by atoms with E-state index >= 15 is 0 Å². The largest absolute Gasteiger partial charge is 0.487 e. The Morgan fingerprint density at radius 2 is 2.07 bits per heavy atom. The Balaban J connectivity index is 1.96. The van der Waals surface area contributed by atoms with E-state index in [1.165, 1.54) is 11.8 Å². The minimum Gasteiger partial charge on any atom is -0.487 e. The van der Waals surface area contributed by atoms with Crippen LogP contribution in [-0.4, -0.2) is 4.98 Å². The van der Waals surface area contributed by atoms with Crippen LogP contribution in [0.2, 0.25) is 0 Å². The number of nitrogens with zero attached hydrogens (tertiary/aromatic N) is 1. The van der Waals surface area contributed by atoms with Gasteiger partial charge >= 0.3 is 0 Å². The van der Waals surface area contributed by atoms with Crippen molar-refractivity contribution in [1.82, 2.24) is 4.98 Å². The number of benzene rings is 1. The van der Waals surface area contributed by atoms with Gasteiger partial charge in [0.25, 0.3) is 6.01 Å². The highest BCUT2D eigenvalue weighted by Crippen LogP contribution is 2.13. The summed E-state index contributed by atoms with van der Waals surface area (Å²) in [6.45, 7) is 2.39. The molecule has 4 nitrogen and oxygen atoms in total. The lowest BCUT2D eigenvalue weighted by atomic mass is 10.2. The molecule has 1 aromatic heterocycles. The second-order valence-electron chi connectivity index (χ2n) is 3.28. The van der Waals surface area contributed by atoms with Gasteiger partial charge in [0.1, 0.15) is 24.3 Å². The normalized spacial score (nSPS) is 10.2. The van der Waals surface area contributed by atoms with E-state index in [1.54, 1.807) is 0 Å². The summed E-state index contributed by atoms with van der Waals surface area (Å²) in [5.74, 6) is 0.808. The molecule has 2 aromatic rings. The van der Waals surface area contributed by atoms with Crippen molar-refractivity contribution < 1.29 is 9.15 Å². The molecule has 0 aliphatic rings. The molecule has 0 saturated carbocycles. The van der Waals surface area contributed by atoms with Crippen LogP contribution in [0.3, 0.4) is 0 Å². The second kappa shape index (κ2) is 4.04. The van der Waals surface area contributed by atoms with Crippen LogP contribution in [0.15, 0.2) is 34.9 Å². The summed E-state index contributed by atoms with van der Waals surface area (Å²) >= 11 is 0. The molecular formula is C11H12N2O2. The van der Waals surface area contributed by atoms with Crippen molar-refractivity contribution in [2.45, 2.75) is 13.5 Å². The molecule has 0 unspecified atom stereocenters. The first-order chi connectivity index (χ1) is 7.24. The first-order valence-corrected chi connectivity index (χ1v) is 4.63. The second-order valence-corrected chi connectivity index (χ2v) is 3.28. The zero-order valence-electron chi connectivity index (χ0n) is 8.43. The van der Waals surface area contributed by atoms with E-state index in [0.29, 0.717) is 12.3 Å². The highest BCUT2D eigenvalue weighted by molar-refractivity contribution is 5.26. The van der Waals surface area contributed by atoms with Gasteiger partial charge in [0.15, 0.2) is 0 Å². The SMILES string of the molecule is Cc1ccc(OCc2coc(N)n2)cc1. The molecule has 0 bridgehead atoms. The molecule has 2 rings (SSSR count). The summed E-state index contributed by atoms with van der Waals surface area (Å²) in [6, 6.07) is 7.98. The van der Waals surface area contributed by atoms with Crippen LogP contribution in [0.1, 0.15) is 11.3 Å². The number of rotatable bonds is 3. The van der Waals surface area contributed by atoms with E-state index in [-0.39, 0.29) is 6.01 Å². The predicted molar refractivity (Wildman–Crippen MR) is 56.4 cm³/mol. The van der Waals surface area contributed by atoms with Crippen LogP contribution in [0.5, 0.6) is 5.75 Å². The Kier molecular flexibility index (Phi) is 2.58. The van der Waals surface area contributed by atoms with Crippen molar-refractivity contribution in [2.24, 2.45) is 0 Å². The molecule has 0 amide bonds. The Morgan fingerprint density at radius 1 is 1.33 bits per heavy atom. The van der Waals surface area contributed by atoms with Crippen molar-refractivity contribution in [1.29, 1.82) is 0 Å². The highest BCUT2D eigenvalue weighted by atomic mass is 16.5. The maximum absolute atomic E-state index is 5.48. The Hall–Kier alpha value is -1.97. The number of anilines is 1. The van der Waals surface area contributed by atoms with E-state index in [2.05, 4.69) is 4.98 Å². The van der Waals surface area contributed by atoms with Gasteiger partial charge < -0.3 is 14.9 Å². The average molecular weight is 204 g/mol. The lowest BCUT2D eigenvalue weighted by Crippen LogP contribution is -1.96. The molecular weight excluding hydrogens is 192 g/mol. The minimum absolute atomic E-state index is 0.164. The van der Waals surface area contributed by atoms with Crippen molar-refractivity contribution in [3.05, 3.63) is 41.8 Å². The third kappa shape index (κ3) is 2.49. The molecule has 0 radical (unpaired) electrons. The molecule has 0 spiro atoms. The Bertz CT molecular complexity index is 434. The van der Waals surface area contributed by atoms with Crippen LogP contribution in [0, 0.1) is 6.92 Å². The Morgan fingerprint density at radius 3 is 2.67 bits per heavy atom. The smallest absolute Gasteiger partial charge is 0.292 e. The van der Waals surface area contributed by atoms with Gasteiger partial charge in [-0.1, -0.05) is 17.7 Å². The van der Waals surface area contributed by atoms with Gasteiger partial charge in [0.05, 0.1) is 0 Å². The van der Waals surface area contributed by atoms with Gasteiger partial charge in [-0.25, -0.2) is 0 Å². The van der Waals surface area contributed by atoms with Gasteiger partial charge in [0.2, 0.25) is 0 Å². The molecule has 0 atom stereocenters. The standard InChI is InChI=1S/C11H12N2O2/c1-8-2-4-10(5-3-8)14-6-9-7-15-11(12)13-9/h2-5,7H,6H2,1H3,(H2,12,13). The molecule has 1 aromatic carbocycles. The van der Waals surface area contributed by atoms with Crippen molar-refractivity contribution in [3.63, 3.8) is 0 Å². The molecule has 2 N–H and O–H groups in total. The molecule has 0 aliphatic carbocycles. The maximum Gasteiger partial charge on any atom is 0.292 e. The first kappa shape index (κ1) is 9.58. The van der Waals surface area contributed by atoms with Crippen LogP contribution >= 0.6 is 0 Å². The van der Waals surface area contributed by atoms with Crippen LogP contribution < -0.4 is 10.5 Å². The van der Waals surface area contributed by atoms with E-state index < -0.39 is 0 Å². The number of ether oxygens (including phenoxy) is 1. The maximum atomic E-state index is 5.48. The van der Waals surface area contributed by atoms with Crippen molar-refractivity contribution in [3.8, 4) is 5.75 Å². The van der Waals surface area contributed by atoms with E-state index in [0.717, 1.165) is 5.75 Å². The van der Waals surface area contributed by atoms with E-state index in [4.69, 9.17) is 14.9 Å². The molecule has 4 heteroatoms. The van der Waals surface area contributed by atoms with Crippen LogP contribution in [0.4, 0.5) is 6.01 Å². The van der Waals surface area contributed by atoms with Gasteiger partial charge in [-0.2, -0.15) is 4.98 Å². The van der Waals surface area contributed by atoms with Crippen LogP contribution in [0.25, 0.3) is 0 Å². The monoisotopic (exact) mass is 204 g/mol. The van der Waals surface area contributed by atoms with Gasteiger partial charge in [-0.3, -0.25) is 0 Å². The van der Waals surface area contributed by atoms with Crippen molar-refractivity contribution in [2.75, 3.05) is 5.73 Å². The summed E-state index contributed by atoms with van der Waals surface area (Å²) in [7, 11) is 0. The predicted octanol–water partition coefficient (Wildman–Crippen LogP) is 2.14. The number of aryl methyl sites for hydroxylation is 1. The molecule has 0 aliphatic heterocycles.